The van der Waals surface area contributed by atoms with Gasteiger partial charge in [-0.05, 0) is 28.1 Å². The molecule has 3 N–H and O–H groups in total. The number of anilines is 1. The molecule has 1 amide bonds. The maximum absolute atomic E-state index is 13.3. The van der Waals surface area contributed by atoms with E-state index in [2.05, 4.69) is 26.2 Å². The third-order valence-electron chi connectivity index (χ3n) is 2.86. The number of halogens is 2. The standard InChI is InChI=1S/C11H14BrFN4O/c12-9-2-1-3-10(15-9)16-11(18)8-4-7(13)5-17(8)6-14/h1-3,7-8H,4-6,14H2,(H,15,16,18). The van der Waals surface area contributed by atoms with Crippen molar-refractivity contribution in [3.05, 3.63) is 22.8 Å². The zero-order valence-corrected chi connectivity index (χ0v) is 11.2. The average molecular weight is 317 g/mol. The van der Waals surface area contributed by atoms with Gasteiger partial charge in [-0.15, -0.1) is 0 Å². The van der Waals surface area contributed by atoms with Crippen molar-refractivity contribution < 1.29 is 9.18 Å². The second kappa shape index (κ2) is 5.73. The molecule has 0 radical (unpaired) electrons. The topological polar surface area (TPSA) is 71.2 Å². The molecule has 18 heavy (non-hydrogen) atoms. The van der Waals surface area contributed by atoms with Crippen LogP contribution < -0.4 is 11.1 Å². The quantitative estimate of drug-likeness (QED) is 0.820. The van der Waals surface area contributed by atoms with E-state index in [4.69, 9.17) is 5.73 Å². The summed E-state index contributed by atoms with van der Waals surface area (Å²) in [5, 5.41) is 2.67. The lowest BCUT2D eigenvalue weighted by molar-refractivity contribution is -0.120. The number of amides is 1. The predicted molar refractivity (Wildman–Crippen MR) is 69.6 cm³/mol. The molecule has 1 aromatic heterocycles. The van der Waals surface area contributed by atoms with Gasteiger partial charge in [-0.2, -0.15) is 0 Å². The van der Waals surface area contributed by atoms with Crippen molar-refractivity contribution in [2.24, 2.45) is 5.73 Å². The number of carbonyl (C=O) groups excluding carboxylic acids is 1. The number of carbonyl (C=O) groups is 1. The fraction of sp³-hybridized carbons (Fsp3) is 0.455. The van der Waals surface area contributed by atoms with Crippen LogP contribution in [0.4, 0.5) is 10.2 Å². The number of rotatable bonds is 3. The van der Waals surface area contributed by atoms with Crippen LogP contribution in [-0.4, -0.2) is 41.2 Å². The first-order valence-corrected chi connectivity index (χ1v) is 6.41. The van der Waals surface area contributed by atoms with Crippen molar-refractivity contribution in [2.45, 2.75) is 18.6 Å². The van der Waals surface area contributed by atoms with Crippen molar-refractivity contribution in [2.75, 3.05) is 18.5 Å². The molecule has 2 unspecified atom stereocenters. The Kier molecular flexibility index (Phi) is 4.26. The fourth-order valence-electron chi connectivity index (χ4n) is 2.01. The van der Waals surface area contributed by atoms with Crippen LogP contribution in [0.5, 0.6) is 0 Å². The van der Waals surface area contributed by atoms with Crippen molar-refractivity contribution in [1.82, 2.24) is 9.88 Å². The van der Waals surface area contributed by atoms with Crippen molar-refractivity contribution >= 4 is 27.7 Å². The number of pyridine rings is 1. The lowest BCUT2D eigenvalue weighted by Crippen LogP contribution is -2.42. The first-order chi connectivity index (χ1) is 8.60. The molecule has 1 saturated heterocycles. The van der Waals surface area contributed by atoms with Gasteiger partial charge in [0.2, 0.25) is 5.91 Å². The van der Waals surface area contributed by atoms with Gasteiger partial charge >= 0.3 is 0 Å². The summed E-state index contributed by atoms with van der Waals surface area (Å²) in [6.07, 6.45) is -0.823. The molecule has 5 nitrogen and oxygen atoms in total. The molecule has 1 aliphatic heterocycles. The molecule has 2 atom stereocenters. The highest BCUT2D eigenvalue weighted by atomic mass is 79.9. The molecular formula is C11H14BrFN4O. The summed E-state index contributed by atoms with van der Waals surface area (Å²) in [7, 11) is 0. The van der Waals surface area contributed by atoms with Gasteiger partial charge in [-0.3, -0.25) is 9.69 Å². The highest BCUT2D eigenvalue weighted by molar-refractivity contribution is 9.10. The summed E-state index contributed by atoms with van der Waals surface area (Å²) in [5.74, 6) is 0.167. The van der Waals surface area contributed by atoms with Gasteiger partial charge in [0.15, 0.2) is 0 Å². The zero-order chi connectivity index (χ0) is 13.1. The van der Waals surface area contributed by atoms with Crippen LogP contribution in [0.2, 0.25) is 0 Å². The van der Waals surface area contributed by atoms with Gasteiger partial charge in [-0.1, -0.05) is 6.07 Å². The van der Waals surface area contributed by atoms with Gasteiger partial charge in [-0.25, -0.2) is 9.37 Å². The van der Waals surface area contributed by atoms with E-state index in [0.717, 1.165) is 0 Å². The maximum Gasteiger partial charge on any atom is 0.243 e. The Labute approximate surface area is 113 Å². The molecule has 98 valence electrons. The number of hydrogen-bond donors (Lipinski definition) is 2. The Bertz CT molecular complexity index is 445. The van der Waals surface area contributed by atoms with Crippen LogP contribution in [0.3, 0.4) is 0 Å². The normalized spacial score (nSPS) is 24.2. The summed E-state index contributed by atoms with van der Waals surface area (Å²) in [5.41, 5.74) is 5.50. The SMILES string of the molecule is NCN1CC(F)CC1C(=O)Nc1cccc(Br)n1. The Morgan fingerprint density at radius 3 is 3.11 bits per heavy atom. The van der Waals surface area contributed by atoms with E-state index in [-0.39, 0.29) is 25.5 Å². The Morgan fingerprint density at radius 1 is 1.67 bits per heavy atom. The highest BCUT2D eigenvalue weighted by Gasteiger charge is 2.36. The second-order valence-corrected chi connectivity index (χ2v) is 4.95. The molecule has 2 rings (SSSR count). The average Bonchev–Trinajstić information content (AvgIpc) is 2.70. The van der Waals surface area contributed by atoms with Gasteiger partial charge in [0.1, 0.15) is 16.6 Å². The lowest BCUT2D eigenvalue weighted by Gasteiger charge is -2.20. The summed E-state index contributed by atoms with van der Waals surface area (Å²) in [4.78, 5) is 17.7. The molecule has 0 aromatic carbocycles. The molecular weight excluding hydrogens is 303 g/mol. The van der Waals surface area contributed by atoms with E-state index < -0.39 is 12.2 Å². The number of likely N-dealkylation sites (tertiary alicyclic amines) is 1. The molecule has 0 aliphatic carbocycles. The molecule has 1 aliphatic rings. The molecule has 2 heterocycles. The monoisotopic (exact) mass is 316 g/mol. The molecule has 0 saturated carbocycles. The van der Waals surface area contributed by atoms with Gasteiger partial charge in [0.05, 0.1) is 6.04 Å². The van der Waals surface area contributed by atoms with Crippen molar-refractivity contribution in [3.8, 4) is 0 Å². The fourth-order valence-corrected chi connectivity index (χ4v) is 2.35. The van der Waals surface area contributed by atoms with Crippen LogP contribution >= 0.6 is 15.9 Å². The largest absolute Gasteiger partial charge is 0.318 e. The molecule has 0 bridgehead atoms. The minimum Gasteiger partial charge on any atom is -0.318 e. The van der Waals surface area contributed by atoms with Crippen molar-refractivity contribution in [1.29, 1.82) is 0 Å². The summed E-state index contributed by atoms with van der Waals surface area (Å²) >= 11 is 3.22. The lowest BCUT2D eigenvalue weighted by atomic mass is 10.2. The summed E-state index contributed by atoms with van der Waals surface area (Å²) < 4.78 is 13.9. The van der Waals surface area contributed by atoms with Gasteiger partial charge in [0, 0.05) is 19.6 Å². The van der Waals surface area contributed by atoms with E-state index >= 15 is 0 Å². The minimum atomic E-state index is -1.00. The Balaban J connectivity index is 2.03. The maximum atomic E-state index is 13.3. The first-order valence-electron chi connectivity index (χ1n) is 5.61. The Morgan fingerprint density at radius 2 is 2.44 bits per heavy atom. The van der Waals surface area contributed by atoms with Crippen molar-refractivity contribution in [3.63, 3.8) is 0 Å². The predicted octanol–water partition coefficient (Wildman–Crippen LogP) is 1.11. The van der Waals surface area contributed by atoms with E-state index in [1.807, 2.05) is 0 Å². The van der Waals surface area contributed by atoms with Crippen LogP contribution in [0.15, 0.2) is 22.8 Å². The smallest absolute Gasteiger partial charge is 0.243 e. The highest BCUT2D eigenvalue weighted by Crippen LogP contribution is 2.20. The first kappa shape index (κ1) is 13.4. The minimum absolute atomic E-state index is 0.171. The molecule has 1 aromatic rings. The van der Waals surface area contributed by atoms with Crippen LogP contribution in [0.1, 0.15) is 6.42 Å². The molecule has 7 heteroatoms. The Hall–Kier alpha value is -1.05. The molecule has 1 fully saturated rings. The number of hydrogen-bond acceptors (Lipinski definition) is 4. The second-order valence-electron chi connectivity index (χ2n) is 4.14. The van der Waals surface area contributed by atoms with E-state index in [1.54, 1.807) is 23.1 Å². The van der Waals surface area contributed by atoms with Crippen LogP contribution in [0.25, 0.3) is 0 Å². The third kappa shape index (κ3) is 3.04. The summed E-state index contributed by atoms with van der Waals surface area (Å²) in [6.45, 7) is 0.380. The summed E-state index contributed by atoms with van der Waals surface area (Å²) in [6, 6.07) is 4.68. The van der Waals surface area contributed by atoms with Gasteiger partial charge < -0.3 is 11.1 Å². The number of aromatic nitrogens is 1. The van der Waals surface area contributed by atoms with Gasteiger partial charge in [0.25, 0.3) is 0 Å². The van der Waals surface area contributed by atoms with E-state index in [9.17, 15) is 9.18 Å². The van der Waals surface area contributed by atoms with Crippen LogP contribution in [0, 0.1) is 0 Å². The van der Waals surface area contributed by atoms with E-state index in [0.29, 0.717) is 10.4 Å². The number of nitrogens with one attached hydrogen (secondary N) is 1. The number of nitrogens with zero attached hydrogens (tertiary/aromatic N) is 2. The molecule has 0 spiro atoms. The van der Waals surface area contributed by atoms with Crippen LogP contribution in [-0.2, 0) is 4.79 Å². The number of nitrogens with two attached hydrogens (primary N) is 1. The number of alkyl halides is 1. The third-order valence-corrected chi connectivity index (χ3v) is 3.30. The van der Waals surface area contributed by atoms with E-state index in [1.165, 1.54) is 0 Å². The zero-order valence-electron chi connectivity index (χ0n) is 9.64.